The number of hydrazone groups is 1. The number of aromatic nitrogens is 2. The molecule has 0 radical (unpaired) electrons. The highest BCUT2D eigenvalue weighted by atomic mass is 79.9. The van der Waals surface area contributed by atoms with Crippen molar-refractivity contribution >= 4 is 50.6 Å². The van der Waals surface area contributed by atoms with Gasteiger partial charge in [0.2, 0.25) is 11.9 Å². The number of amides is 1. The fraction of sp³-hybridized carbons (Fsp3) is 0.200. The van der Waals surface area contributed by atoms with Crippen LogP contribution >= 0.6 is 15.9 Å². The highest BCUT2D eigenvalue weighted by Gasteiger charge is 2.18. The van der Waals surface area contributed by atoms with Crippen LogP contribution in [0.3, 0.4) is 0 Å². The molecule has 1 aromatic heterocycles. The molecular formula is C20H19BrN6O. The van der Waals surface area contributed by atoms with Crippen LogP contribution < -0.4 is 11.1 Å². The molecule has 7 nitrogen and oxygen atoms in total. The van der Waals surface area contributed by atoms with Gasteiger partial charge in [-0.05, 0) is 41.5 Å². The van der Waals surface area contributed by atoms with Gasteiger partial charge in [-0.15, -0.1) is 0 Å². The Hall–Kier alpha value is -3.00. The van der Waals surface area contributed by atoms with E-state index in [0.29, 0.717) is 5.95 Å². The van der Waals surface area contributed by atoms with Crippen LogP contribution in [0, 0.1) is 0 Å². The van der Waals surface area contributed by atoms with Crippen molar-refractivity contribution in [2.24, 2.45) is 10.8 Å². The molecule has 1 unspecified atom stereocenters. The number of carbonyl (C=O) groups is 1. The Bertz CT molecular complexity index is 1080. The number of rotatable bonds is 5. The maximum Gasteiger partial charge on any atom is 0.227 e. The van der Waals surface area contributed by atoms with E-state index in [1.54, 1.807) is 6.20 Å². The first-order valence-electron chi connectivity index (χ1n) is 8.83. The lowest BCUT2D eigenvalue weighted by Gasteiger charge is -2.14. The molecule has 3 aromatic rings. The zero-order valence-electron chi connectivity index (χ0n) is 15.3. The van der Waals surface area contributed by atoms with E-state index >= 15 is 0 Å². The van der Waals surface area contributed by atoms with Crippen LogP contribution in [0.4, 0.5) is 11.6 Å². The number of hydrogen-bond donors (Lipinski definition) is 2. The van der Waals surface area contributed by atoms with E-state index in [2.05, 4.69) is 36.3 Å². The van der Waals surface area contributed by atoms with E-state index < -0.39 is 0 Å². The zero-order valence-corrected chi connectivity index (χ0v) is 16.8. The number of likely N-dealkylation sites (N-methyl/N-ethyl adjacent to an activating group) is 1. The highest BCUT2D eigenvalue weighted by molar-refractivity contribution is 9.10. The normalized spacial score (nSPS) is 15.9. The van der Waals surface area contributed by atoms with Crippen LogP contribution in [-0.4, -0.2) is 40.7 Å². The topological polar surface area (TPSA) is 96.5 Å². The molecule has 142 valence electrons. The Morgan fingerprint density at radius 2 is 2.18 bits per heavy atom. The van der Waals surface area contributed by atoms with Gasteiger partial charge in [-0.3, -0.25) is 9.80 Å². The average molecular weight is 439 g/mol. The second-order valence-corrected chi connectivity index (χ2v) is 7.76. The number of benzene rings is 2. The predicted molar refractivity (Wildman–Crippen MR) is 114 cm³/mol. The summed E-state index contributed by atoms with van der Waals surface area (Å²) in [4.78, 5) is 20.4. The number of nitrogens with two attached hydrogens (primary N) is 1. The van der Waals surface area contributed by atoms with Gasteiger partial charge in [-0.1, -0.05) is 22.0 Å². The van der Waals surface area contributed by atoms with E-state index in [1.165, 1.54) is 0 Å². The van der Waals surface area contributed by atoms with E-state index in [-0.39, 0.29) is 18.2 Å². The van der Waals surface area contributed by atoms with Crippen LogP contribution in [0.5, 0.6) is 0 Å². The molecule has 2 heterocycles. The summed E-state index contributed by atoms with van der Waals surface area (Å²) in [6.45, 7) is 0.792. The van der Waals surface area contributed by atoms with Crippen LogP contribution in [0.1, 0.15) is 17.0 Å². The lowest BCUT2D eigenvalue weighted by atomic mass is 9.96. The van der Waals surface area contributed by atoms with Gasteiger partial charge in [0.25, 0.3) is 0 Å². The molecule has 8 heteroatoms. The van der Waals surface area contributed by atoms with Crippen LogP contribution in [0.2, 0.25) is 0 Å². The minimum atomic E-state index is -0.368. The fourth-order valence-corrected chi connectivity index (χ4v) is 3.64. The first-order chi connectivity index (χ1) is 13.5. The van der Waals surface area contributed by atoms with Crippen molar-refractivity contribution in [2.45, 2.75) is 12.3 Å². The molecule has 1 atom stereocenters. The average Bonchev–Trinajstić information content (AvgIpc) is 3.07. The quantitative estimate of drug-likeness (QED) is 0.637. The monoisotopic (exact) mass is 438 g/mol. The summed E-state index contributed by atoms with van der Waals surface area (Å²) in [6, 6.07) is 11.8. The van der Waals surface area contributed by atoms with E-state index in [1.807, 2.05) is 54.7 Å². The van der Waals surface area contributed by atoms with Crippen molar-refractivity contribution in [2.75, 3.05) is 18.9 Å². The largest absolute Gasteiger partial charge is 0.369 e. The van der Waals surface area contributed by atoms with Crippen molar-refractivity contribution in [1.29, 1.82) is 0 Å². The Kier molecular flexibility index (Phi) is 4.95. The van der Waals surface area contributed by atoms with Crippen LogP contribution in [0.25, 0.3) is 10.9 Å². The lowest BCUT2D eigenvalue weighted by molar-refractivity contribution is -0.117. The molecular weight excluding hydrogens is 420 g/mol. The molecule has 2 aromatic carbocycles. The third-order valence-electron chi connectivity index (χ3n) is 4.52. The summed E-state index contributed by atoms with van der Waals surface area (Å²) in [5, 5.41) is 10.4. The second-order valence-electron chi connectivity index (χ2n) is 6.84. The van der Waals surface area contributed by atoms with Crippen molar-refractivity contribution < 1.29 is 4.79 Å². The Morgan fingerprint density at radius 3 is 2.93 bits per heavy atom. The molecule has 0 bridgehead atoms. The summed E-state index contributed by atoms with van der Waals surface area (Å²) in [6.07, 6.45) is 3.87. The molecule has 1 aliphatic heterocycles. The smallest absolute Gasteiger partial charge is 0.227 e. The summed E-state index contributed by atoms with van der Waals surface area (Å²) < 4.78 is 0.983. The Morgan fingerprint density at radius 1 is 1.32 bits per heavy atom. The fourth-order valence-electron chi connectivity index (χ4n) is 3.27. The van der Waals surface area contributed by atoms with Gasteiger partial charge in [-0.25, -0.2) is 9.97 Å². The maximum atomic E-state index is 11.4. The van der Waals surface area contributed by atoms with Gasteiger partial charge in [0.1, 0.15) is 0 Å². The van der Waals surface area contributed by atoms with E-state index in [9.17, 15) is 4.79 Å². The minimum absolute atomic E-state index is 0.160. The lowest BCUT2D eigenvalue weighted by Crippen LogP contribution is -2.15. The second kappa shape index (κ2) is 7.55. The molecule has 0 saturated heterocycles. The van der Waals surface area contributed by atoms with E-state index in [4.69, 9.17) is 5.73 Å². The first-order valence-corrected chi connectivity index (χ1v) is 9.62. The van der Waals surface area contributed by atoms with Gasteiger partial charge in [0.05, 0.1) is 11.9 Å². The molecule has 28 heavy (non-hydrogen) atoms. The van der Waals surface area contributed by atoms with E-state index in [0.717, 1.165) is 38.7 Å². The number of hydrogen-bond acceptors (Lipinski definition) is 6. The van der Waals surface area contributed by atoms with Gasteiger partial charge in [0, 0.05) is 47.5 Å². The molecule has 0 fully saturated rings. The highest BCUT2D eigenvalue weighted by Crippen LogP contribution is 2.27. The van der Waals surface area contributed by atoms with Gasteiger partial charge < -0.3 is 11.1 Å². The van der Waals surface area contributed by atoms with Crippen molar-refractivity contribution in [3.63, 3.8) is 0 Å². The number of nitrogens with one attached hydrogen (secondary N) is 1. The molecule has 0 spiro atoms. The molecule has 0 saturated carbocycles. The summed E-state index contributed by atoms with van der Waals surface area (Å²) in [5.41, 5.74) is 8.98. The van der Waals surface area contributed by atoms with Gasteiger partial charge in [0.15, 0.2) is 0 Å². The molecule has 1 aliphatic rings. The predicted octanol–water partition coefficient (Wildman–Crippen LogP) is 3.18. The number of anilines is 2. The minimum Gasteiger partial charge on any atom is -0.369 e. The summed E-state index contributed by atoms with van der Waals surface area (Å²) in [7, 11) is 1.93. The summed E-state index contributed by atoms with van der Waals surface area (Å²) >= 11 is 3.45. The number of nitrogens with zero attached hydrogens (tertiary/aromatic N) is 4. The first kappa shape index (κ1) is 18.4. The SMILES string of the molecule is CN1CC(c2cc(CC(N)=O)cc(Nc3ncc4cc(Br)ccc4n3)c2)C=N1. The molecule has 4 rings (SSSR count). The Labute approximate surface area is 170 Å². The van der Waals surface area contributed by atoms with Gasteiger partial charge >= 0.3 is 0 Å². The standard InChI is InChI=1S/C20H19BrN6O/c1-27-11-15(10-24-27)13-4-12(6-19(22)28)5-17(8-13)25-20-23-9-14-7-16(21)2-3-18(14)26-20/h2-5,7-10,15H,6,11H2,1H3,(H2,22,28)(H,23,25,26). The number of carbonyl (C=O) groups excluding carboxylic acids is 1. The summed E-state index contributed by atoms with van der Waals surface area (Å²) in [5.74, 6) is 0.287. The van der Waals surface area contributed by atoms with Crippen LogP contribution in [0.15, 0.2) is 52.2 Å². The third-order valence-corrected chi connectivity index (χ3v) is 5.02. The molecule has 0 aliphatic carbocycles. The van der Waals surface area contributed by atoms with Crippen molar-refractivity contribution in [3.05, 3.63) is 58.2 Å². The van der Waals surface area contributed by atoms with Crippen molar-refractivity contribution in [1.82, 2.24) is 15.0 Å². The third kappa shape index (κ3) is 4.12. The molecule has 1 amide bonds. The maximum absolute atomic E-state index is 11.4. The Balaban J connectivity index is 1.66. The molecule has 3 N–H and O–H groups in total. The number of fused-ring (bicyclic) bond motifs is 1. The van der Waals surface area contributed by atoms with Crippen molar-refractivity contribution in [3.8, 4) is 0 Å². The number of halogens is 1. The van der Waals surface area contributed by atoms with Gasteiger partial charge in [-0.2, -0.15) is 5.10 Å². The zero-order chi connectivity index (χ0) is 19.7. The van der Waals surface area contributed by atoms with Crippen LogP contribution in [-0.2, 0) is 11.2 Å². The number of primary amides is 1.